The molecule has 0 saturated heterocycles. The summed E-state index contributed by atoms with van der Waals surface area (Å²) in [7, 11) is 0. The van der Waals surface area contributed by atoms with Crippen LogP contribution in [0.25, 0.3) is 11.1 Å². The van der Waals surface area contributed by atoms with Crippen LogP contribution >= 0.6 is 0 Å². The number of carbonyl (C=O) groups is 1. The van der Waals surface area contributed by atoms with Crippen molar-refractivity contribution in [3.63, 3.8) is 0 Å². The van der Waals surface area contributed by atoms with E-state index in [1.54, 1.807) is 6.07 Å². The van der Waals surface area contributed by atoms with Crippen LogP contribution in [0.1, 0.15) is 18.9 Å². The van der Waals surface area contributed by atoms with E-state index in [1.165, 1.54) is 12.1 Å². The lowest BCUT2D eigenvalue weighted by Gasteiger charge is -2.09. The van der Waals surface area contributed by atoms with Gasteiger partial charge < -0.3 is 5.11 Å². The summed E-state index contributed by atoms with van der Waals surface area (Å²) >= 11 is 0. The lowest BCUT2D eigenvalue weighted by atomic mass is 9.96. The molecule has 0 aromatic heterocycles. The van der Waals surface area contributed by atoms with Crippen molar-refractivity contribution in [1.82, 2.24) is 0 Å². The van der Waals surface area contributed by atoms with E-state index in [-0.39, 0.29) is 18.2 Å². The van der Waals surface area contributed by atoms with E-state index in [0.717, 1.165) is 23.1 Å². The lowest BCUT2D eigenvalue weighted by Crippen LogP contribution is -2.06. The molecule has 1 N–H and O–H groups in total. The molecule has 0 heterocycles. The van der Waals surface area contributed by atoms with Crippen LogP contribution in [0, 0.1) is 11.7 Å². The van der Waals surface area contributed by atoms with Gasteiger partial charge >= 0.3 is 5.97 Å². The number of carboxylic acid groups (broad SMARTS) is 1. The average molecular weight is 272 g/mol. The third-order valence-corrected chi connectivity index (χ3v) is 3.22. The van der Waals surface area contributed by atoms with Gasteiger partial charge in [-0.1, -0.05) is 43.3 Å². The molecule has 0 aliphatic carbocycles. The summed E-state index contributed by atoms with van der Waals surface area (Å²) < 4.78 is 13.2. The maximum atomic E-state index is 13.2. The van der Waals surface area contributed by atoms with Crippen LogP contribution in [0.3, 0.4) is 0 Å². The molecule has 104 valence electrons. The first-order valence-corrected chi connectivity index (χ1v) is 6.61. The van der Waals surface area contributed by atoms with Crippen molar-refractivity contribution in [3.8, 4) is 11.1 Å². The molecule has 0 radical (unpaired) electrons. The third-order valence-electron chi connectivity index (χ3n) is 3.22. The Morgan fingerprint density at radius 1 is 1.15 bits per heavy atom. The van der Waals surface area contributed by atoms with Gasteiger partial charge in [-0.25, -0.2) is 4.39 Å². The number of halogens is 1. The molecule has 0 bridgehead atoms. The molecule has 2 aromatic carbocycles. The summed E-state index contributed by atoms with van der Waals surface area (Å²) in [5.41, 5.74) is 2.90. The topological polar surface area (TPSA) is 37.3 Å². The molecular weight excluding hydrogens is 255 g/mol. The predicted molar refractivity (Wildman–Crippen MR) is 77.0 cm³/mol. The maximum Gasteiger partial charge on any atom is 0.303 e. The Morgan fingerprint density at radius 2 is 1.85 bits per heavy atom. The summed E-state index contributed by atoms with van der Waals surface area (Å²) in [5.74, 6) is -0.914. The van der Waals surface area contributed by atoms with Gasteiger partial charge in [0.25, 0.3) is 0 Å². The van der Waals surface area contributed by atoms with E-state index >= 15 is 0 Å². The van der Waals surface area contributed by atoms with Crippen LogP contribution in [-0.2, 0) is 11.2 Å². The van der Waals surface area contributed by atoms with Gasteiger partial charge in [0.15, 0.2) is 0 Å². The first-order chi connectivity index (χ1) is 9.54. The lowest BCUT2D eigenvalue weighted by molar-refractivity contribution is -0.137. The monoisotopic (exact) mass is 272 g/mol. The Hall–Kier alpha value is -2.16. The molecule has 1 unspecified atom stereocenters. The molecule has 3 heteroatoms. The Labute approximate surface area is 117 Å². The second-order valence-corrected chi connectivity index (χ2v) is 5.11. The van der Waals surface area contributed by atoms with Crippen molar-refractivity contribution in [1.29, 1.82) is 0 Å². The van der Waals surface area contributed by atoms with Gasteiger partial charge in [-0.05, 0) is 41.2 Å². The van der Waals surface area contributed by atoms with Crippen LogP contribution in [0.2, 0.25) is 0 Å². The number of aliphatic carboxylic acids is 1. The Balaban J connectivity index is 2.08. The number of benzene rings is 2. The molecule has 0 spiro atoms. The standard InChI is InChI=1S/C17H17FO2/c1-12(10-17(19)20)9-13-5-7-14(8-6-13)15-3-2-4-16(18)11-15/h2-8,11-12H,9-10H2,1H3,(H,19,20). The normalized spacial score (nSPS) is 12.1. The highest BCUT2D eigenvalue weighted by Gasteiger charge is 2.08. The summed E-state index contributed by atoms with van der Waals surface area (Å²) in [6, 6.07) is 14.3. The maximum absolute atomic E-state index is 13.2. The van der Waals surface area contributed by atoms with Crippen LogP contribution in [-0.4, -0.2) is 11.1 Å². The van der Waals surface area contributed by atoms with E-state index < -0.39 is 5.97 Å². The molecule has 2 rings (SSSR count). The quantitative estimate of drug-likeness (QED) is 0.888. The summed E-state index contributed by atoms with van der Waals surface area (Å²) in [4.78, 5) is 10.6. The molecular formula is C17H17FO2. The van der Waals surface area contributed by atoms with E-state index in [1.807, 2.05) is 37.3 Å². The fourth-order valence-electron chi connectivity index (χ4n) is 2.27. The summed E-state index contributed by atoms with van der Waals surface area (Å²) in [6.07, 6.45) is 0.904. The van der Waals surface area contributed by atoms with E-state index in [2.05, 4.69) is 0 Å². The van der Waals surface area contributed by atoms with Crippen LogP contribution in [0.4, 0.5) is 4.39 Å². The fraction of sp³-hybridized carbons (Fsp3) is 0.235. The van der Waals surface area contributed by atoms with Crippen LogP contribution < -0.4 is 0 Å². The highest BCUT2D eigenvalue weighted by atomic mass is 19.1. The van der Waals surface area contributed by atoms with Crippen molar-refractivity contribution in [2.75, 3.05) is 0 Å². The van der Waals surface area contributed by atoms with Gasteiger partial charge in [0.1, 0.15) is 5.82 Å². The molecule has 2 aromatic rings. The second-order valence-electron chi connectivity index (χ2n) is 5.11. The number of hydrogen-bond donors (Lipinski definition) is 1. The molecule has 0 amide bonds. The van der Waals surface area contributed by atoms with E-state index in [0.29, 0.717) is 0 Å². The Bertz CT molecular complexity index is 590. The van der Waals surface area contributed by atoms with E-state index in [4.69, 9.17) is 5.11 Å². The van der Waals surface area contributed by atoms with Crippen molar-refractivity contribution >= 4 is 5.97 Å². The molecule has 0 fully saturated rings. The minimum absolute atomic E-state index is 0.104. The predicted octanol–water partition coefficient (Wildman–Crippen LogP) is 4.15. The SMILES string of the molecule is CC(CC(=O)O)Cc1ccc(-c2cccc(F)c2)cc1. The van der Waals surface area contributed by atoms with Crippen molar-refractivity contribution in [2.24, 2.45) is 5.92 Å². The first-order valence-electron chi connectivity index (χ1n) is 6.61. The van der Waals surface area contributed by atoms with E-state index in [9.17, 15) is 9.18 Å². The largest absolute Gasteiger partial charge is 0.481 e. The number of hydrogen-bond acceptors (Lipinski definition) is 1. The number of carboxylic acids is 1. The zero-order chi connectivity index (χ0) is 14.5. The molecule has 1 atom stereocenters. The molecule has 20 heavy (non-hydrogen) atoms. The van der Waals surface area contributed by atoms with Gasteiger partial charge in [-0.2, -0.15) is 0 Å². The van der Waals surface area contributed by atoms with Crippen LogP contribution in [0.5, 0.6) is 0 Å². The average Bonchev–Trinajstić information content (AvgIpc) is 2.38. The van der Waals surface area contributed by atoms with Crippen molar-refractivity contribution in [3.05, 3.63) is 59.9 Å². The third kappa shape index (κ3) is 3.92. The van der Waals surface area contributed by atoms with Gasteiger partial charge in [0, 0.05) is 6.42 Å². The Kier molecular flexibility index (Phi) is 4.51. The number of rotatable bonds is 5. The van der Waals surface area contributed by atoms with Crippen molar-refractivity contribution < 1.29 is 14.3 Å². The Morgan fingerprint density at radius 3 is 2.45 bits per heavy atom. The second kappa shape index (κ2) is 6.33. The zero-order valence-electron chi connectivity index (χ0n) is 11.3. The smallest absolute Gasteiger partial charge is 0.303 e. The summed E-state index contributed by atoms with van der Waals surface area (Å²) in [5, 5.41) is 8.75. The fourth-order valence-corrected chi connectivity index (χ4v) is 2.27. The molecule has 0 aliphatic rings. The van der Waals surface area contributed by atoms with Crippen molar-refractivity contribution in [2.45, 2.75) is 19.8 Å². The summed E-state index contributed by atoms with van der Waals surface area (Å²) in [6.45, 7) is 1.93. The van der Waals surface area contributed by atoms with Gasteiger partial charge in [-0.3, -0.25) is 4.79 Å². The zero-order valence-corrected chi connectivity index (χ0v) is 11.3. The van der Waals surface area contributed by atoms with Crippen LogP contribution in [0.15, 0.2) is 48.5 Å². The molecule has 0 aliphatic heterocycles. The molecule has 2 nitrogen and oxygen atoms in total. The highest BCUT2D eigenvalue weighted by molar-refractivity contribution is 5.67. The highest BCUT2D eigenvalue weighted by Crippen LogP contribution is 2.21. The minimum atomic E-state index is -0.770. The van der Waals surface area contributed by atoms with Gasteiger partial charge in [0.2, 0.25) is 0 Å². The minimum Gasteiger partial charge on any atom is -0.481 e. The first kappa shape index (κ1) is 14.3. The molecule has 0 saturated carbocycles. The van der Waals surface area contributed by atoms with Gasteiger partial charge in [0.05, 0.1) is 0 Å². The van der Waals surface area contributed by atoms with Gasteiger partial charge in [-0.15, -0.1) is 0 Å².